The Morgan fingerprint density at radius 3 is 2.56 bits per heavy atom. The van der Waals surface area contributed by atoms with Gasteiger partial charge in [-0.05, 0) is 17.2 Å². The molecular formula is C20H16N2O2S. The van der Waals surface area contributed by atoms with Gasteiger partial charge in [0.25, 0.3) is 0 Å². The van der Waals surface area contributed by atoms with E-state index in [0.717, 1.165) is 39.3 Å². The average Bonchev–Trinajstić information content (AvgIpc) is 3.20. The van der Waals surface area contributed by atoms with Gasteiger partial charge in [-0.2, -0.15) is 0 Å². The number of para-hydroxylation sites is 1. The first kappa shape index (κ1) is 15.6. The number of hydrogen-bond donors (Lipinski definition) is 2. The van der Waals surface area contributed by atoms with E-state index in [1.807, 2.05) is 48.7 Å². The Morgan fingerprint density at radius 2 is 1.84 bits per heavy atom. The number of allylic oxidation sites excluding steroid dienone is 2. The van der Waals surface area contributed by atoms with Crippen LogP contribution >= 0.6 is 11.3 Å². The molecule has 25 heavy (non-hydrogen) atoms. The van der Waals surface area contributed by atoms with Crippen LogP contribution in [0.3, 0.4) is 0 Å². The highest BCUT2D eigenvalue weighted by molar-refractivity contribution is 7.10. The summed E-state index contributed by atoms with van der Waals surface area (Å²) in [6, 6.07) is 18.0. The van der Waals surface area contributed by atoms with Crippen molar-refractivity contribution in [2.75, 3.05) is 0 Å². The van der Waals surface area contributed by atoms with Crippen LogP contribution in [0.25, 0.3) is 11.1 Å². The van der Waals surface area contributed by atoms with E-state index >= 15 is 0 Å². The summed E-state index contributed by atoms with van der Waals surface area (Å²) in [6.07, 6.45) is 1.82. The summed E-state index contributed by atoms with van der Waals surface area (Å²) in [4.78, 5) is 19.1. The summed E-state index contributed by atoms with van der Waals surface area (Å²) in [7, 11) is 0. The van der Waals surface area contributed by atoms with E-state index in [0.29, 0.717) is 4.88 Å². The molecule has 0 saturated heterocycles. The van der Waals surface area contributed by atoms with Crippen LogP contribution in [-0.2, 0) is 0 Å². The predicted molar refractivity (Wildman–Crippen MR) is 103 cm³/mol. The quantitative estimate of drug-likeness (QED) is 0.728. The third-order valence-corrected chi connectivity index (χ3v) is 5.33. The van der Waals surface area contributed by atoms with Crippen molar-refractivity contribution in [3.05, 3.63) is 80.3 Å². The lowest BCUT2D eigenvalue weighted by Gasteiger charge is -2.18. The van der Waals surface area contributed by atoms with Gasteiger partial charge in [-0.3, -0.25) is 14.8 Å². The summed E-state index contributed by atoms with van der Waals surface area (Å²) < 4.78 is 0. The van der Waals surface area contributed by atoms with E-state index in [-0.39, 0.29) is 16.7 Å². The smallest absolute Gasteiger partial charge is 0.307 e. The minimum atomic E-state index is -0.269. The van der Waals surface area contributed by atoms with Crippen molar-refractivity contribution in [2.24, 2.45) is 4.99 Å². The molecule has 4 nitrogen and oxygen atoms in total. The topological polar surface area (TPSA) is 65.5 Å². The fourth-order valence-electron chi connectivity index (χ4n) is 3.20. The van der Waals surface area contributed by atoms with Gasteiger partial charge in [0, 0.05) is 23.3 Å². The first-order chi connectivity index (χ1) is 12.1. The number of thiazole rings is 1. The molecule has 1 unspecified atom stereocenters. The molecule has 0 saturated carbocycles. The van der Waals surface area contributed by atoms with Crippen molar-refractivity contribution in [2.45, 2.75) is 12.8 Å². The molecule has 0 bridgehead atoms. The fraction of sp³-hybridized carbons (Fsp3) is 0.100. The molecule has 0 amide bonds. The minimum Gasteiger partial charge on any atom is -0.493 e. The first-order valence-electron chi connectivity index (χ1n) is 8.00. The third-order valence-electron chi connectivity index (χ3n) is 4.42. The molecule has 0 radical (unpaired) electrons. The van der Waals surface area contributed by atoms with Crippen molar-refractivity contribution < 1.29 is 5.11 Å². The molecule has 0 fully saturated rings. The first-order valence-corrected chi connectivity index (χ1v) is 8.82. The van der Waals surface area contributed by atoms with Gasteiger partial charge in [0.1, 0.15) is 0 Å². The lowest BCUT2D eigenvalue weighted by atomic mass is 9.86. The normalized spacial score (nSPS) is 15.9. The molecule has 0 spiro atoms. The number of aliphatic imine (C=N–C) groups is 1. The lowest BCUT2D eigenvalue weighted by molar-refractivity contribution is 0.454. The Labute approximate surface area is 148 Å². The van der Waals surface area contributed by atoms with Crippen LogP contribution in [0.4, 0.5) is 5.69 Å². The zero-order valence-corrected chi connectivity index (χ0v) is 14.4. The Kier molecular flexibility index (Phi) is 3.86. The zero-order chi connectivity index (χ0) is 17.4. The molecule has 0 aliphatic carbocycles. The number of nitrogens with zero attached hydrogens (tertiary/aromatic N) is 1. The van der Waals surface area contributed by atoms with Gasteiger partial charge in [0.15, 0.2) is 0 Å². The standard InChI is InChI=1S/C20H16N2O2S/c1-12(13-7-3-2-4-8-13)17(18-19(23)22-20(24)25-18)15-11-21-16-10-6-5-9-14(15)16/h2-12,23H,1H3,(H,22,24). The second kappa shape index (κ2) is 6.18. The molecular weight excluding hydrogens is 332 g/mol. The molecule has 4 rings (SSSR count). The van der Waals surface area contributed by atoms with Crippen LogP contribution in [-0.4, -0.2) is 16.3 Å². The largest absolute Gasteiger partial charge is 0.493 e. The number of nitrogens with one attached hydrogen (secondary N) is 1. The maximum atomic E-state index is 11.8. The summed E-state index contributed by atoms with van der Waals surface area (Å²) in [5.41, 5.74) is 4.87. The average molecular weight is 348 g/mol. The van der Waals surface area contributed by atoms with Crippen molar-refractivity contribution in [1.29, 1.82) is 0 Å². The van der Waals surface area contributed by atoms with Crippen LogP contribution < -0.4 is 4.87 Å². The molecule has 1 atom stereocenters. The van der Waals surface area contributed by atoms with Crippen LogP contribution in [0.2, 0.25) is 0 Å². The number of aromatic nitrogens is 1. The molecule has 1 aromatic heterocycles. The molecule has 2 aromatic carbocycles. The van der Waals surface area contributed by atoms with E-state index in [1.54, 1.807) is 0 Å². The number of hydrogen-bond acceptors (Lipinski definition) is 4. The van der Waals surface area contributed by atoms with Gasteiger partial charge in [0.2, 0.25) is 5.88 Å². The summed E-state index contributed by atoms with van der Waals surface area (Å²) >= 11 is 1.03. The maximum Gasteiger partial charge on any atom is 0.307 e. The number of H-pyrrole nitrogens is 1. The molecule has 1 aliphatic rings. The van der Waals surface area contributed by atoms with E-state index < -0.39 is 0 Å². The SMILES string of the molecule is CC(C(=C1C=Nc2ccccc21)c1sc(=O)[nH]c1O)c1ccccc1. The third kappa shape index (κ3) is 2.72. The Bertz CT molecular complexity index is 1040. The van der Waals surface area contributed by atoms with Gasteiger partial charge in [0.05, 0.1) is 10.6 Å². The van der Waals surface area contributed by atoms with E-state index in [9.17, 15) is 9.90 Å². The van der Waals surface area contributed by atoms with E-state index in [4.69, 9.17) is 0 Å². The Hall–Kier alpha value is -2.92. The fourth-order valence-corrected chi connectivity index (χ4v) is 4.07. The van der Waals surface area contributed by atoms with Gasteiger partial charge in [-0.25, -0.2) is 0 Å². The van der Waals surface area contributed by atoms with Gasteiger partial charge < -0.3 is 5.11 Å². The number of benzene rings is 2. The van der Waals surface area contributed by atoms with Crippen molar-refractivity contribution in [3.8, 4) is 5.88 Å². The lowest BCUT2D eigenvalue weighted by Crippen LogP contribution is -2.00. The Balaban J connectivity index is 1.98. The van der Waals surface area contributed by atoms with Crippen LogP contribution in [0.15, 0.2) is 64.4 Å². The molecule has 2 heterocycles. The van der Waals surface area contributed by atoms with Crippen LogP contribution in [0.5, 0.6) is 5.88 Å². The number of aromatic hydroxyl groups is 1. The van der Waals surface area contributed by atoms with E-state index in [1.165, 1.54) is 0 Å². The highest BCUT2D eigenvalue weighted by Gasteiger charge is 2.26. The maximum absolute atomic E-state index is 11.8. The summed E-state index contributed by atoms with van der Waals surface area (Å²) in [5, 5.41) is 10.3. The number of aromatic amines is 1. The van der Waals surface area contributed by atoms with E-state index in [2.05, 4.69) is 29.0 Å². The van der Waals surface area contributed by atoms with Gasteiger partial charge >= 0.3 is 4.87 Å². The molecule has 3 aromatic rings. The number of rotatable bonds is 3. The van der Waals surface area contributed by atoms with Gasteiger partial charge in [-0.1, -0.05) is 66.8 Å². The second-order valence-electron chi connectivity index (χ2n) is 5.93. The molecule has 2 N–H and O–H groups in total. The van der Waals surface area contributed by atoms with Crippen molar-refractivity contribution >= 4 is 34.4 Å². The predicted octanol–water partition coefficient (Wildman–Crippen LogP) is 4.57. The van der Waals surface area contributed by atoms with Crippen LogP contribution in [0, 0.1) is 0 Å². The second-order valence-corrected chi connectivity index (χ2v) is 6.91. The molecule has 1 aliphatic heterocycles. The highest BCUT2D eigenvalue weighted by Crippen LogP contribution is 2.44. The molecule has 5 heteroatoms. The zero-order valence-electron chi connectivity index (χ0n) is 13.6. The monoisotopic (exact) mass is 348 g/mol. The highest BCUT2D eigenvalue weighted by atomic mass is 32.1. The molecule has 124 valence electrons. The summed E-state index contributed by atoms with van der Waals surface area (Å²) in [6.45, 7) is 2.08. The van der Waals surface area contributed by atoms with Crippen molar-refractivity contribution in [1.82, 2.24) is 4.98 Å². The minimum absolute atomic E-state index is 0.00819. The van der Waals surface area contributed by atoms with Crippen molar-refractivity contribution in [3.63, 3.8) is 0 Å². The van der Waals surface area contributed by atoms with Gasteiger partial charge in [-0.15, -0.1) is 0 Å². The Morgan fingerprint density at radius 1 is 1.12 bits per heavy atom. The number of fused-ring (bicyclic) bond motifs is 1. The van der Waals surface area contributed by atoms with Crippen LogP contribution in [0.1, 0.15) is 28.8 Å². The summed E-state index contributed by atoms with van der Waals surface area (Å²) in [5.74, 6) is -0.0933.